The van der Waals surface area contributed by atoms with E-state index in [1.54, 1.807) is 12.3 Å². The molecule has 2 N–H and O–H groups in total. The lowest BCUT2D eigenvalue weighted by Gasteiger charge is -2.49. The average molecular weight is 545 g/mol. The van der Waals surface area contributed by atoms with E-state index in [0.29, 0.717) is 67.9 Å². The maximum Gasteiger partial charge on any atom is 0.416 e. The number of anilines is 2. The highest BCUT2D eigenvalue weighted by molar-refractivity contribution is 5.90. The number of hydrogen-bond donors (Lipinski definition) is 2. The first-order valence-electron chi connectivity index (χ1n) is 13.2. The Labute approximate surface area is 223 Å². The van der Waals surface area contributed by atoms with Gasteiger partial charge in [0.05, 0.1) is 41.5 Å². The Hall–Kier alpha value is -3.45. The van der Waals surface area contributed by atoms with Gasteiger partial charge >= 0.3 is 6.18 Å². The summed E-state index contributed by atoms with van der Waals surface area (Å²) in [5.41, 5.74) is -0.149. The number of fused-ring (bicyclic) bond motifs is 1. The van der Waals surface area contributed by atoms with Crippen molar-refractivity contribution in [3.8, 4) is 5.69 Å². The molecule has 0 atom stereocenters. The van der Waals surface area contributed by atoms with E-state index in [2.05, 4.69) is 39.0 Å². The molecule has 2 saturated heterocycles. The maximum atomic E-state index is 13.4. The van der Waals surface area contributed by atoms with E-state index < -0.39 is 11.7 Å². The highest BCUT2D eigenvalue weighted by Crippen LogP contribution is 2.34. The third kappa shape index (κ3) is 4.89. The van der Waals surface area contributed by atoms with Crippen molar-refractivity contribution in [2.75, 3.05) is 42.9 Å². The van der Waals surface area contributed by atoms with Gasteiger partial charge in [-0.3, -0.25) is 9.69 Å². The van der Waals surface area contributed by atoms with Gasteiger partial charge in [0.25, 0.3) is 0 Å². The van der Waals surface area contributed by atoms with Crippen molar-refractivity contribution >= 4 is 28.7 Å². The van der Waals surface area contributed by atoms with Gasteiger partial charge < -0.3 is 20.2 Å². The number of hydrogen-bond acceptors (Lipinski definition) is 8. The first-order chi connectivity index (χ1) is 18.6. The number of nitrogens with zero attached hydrogens (tertiary/aromatic N) is 7. The average Bonchev–Trinajstić information content (AvgIpc) is 3.26. The second-order valence-corrected chi connectivity index (χ2v) is 10.9. The molecule has 0 bridgehead atoms. The molecule has 0 radical (unpaired) electrons. The van der Waals surface area contributed by atoms with Crippen molar-refractivity contribution in [3.05, 3.63) is 36.0 Å². The fraction of sp³-hybridized carbons (Fsp3) is 0.538. The molecule has 2 aliphatic heterocycles. The summed E-state index contributed by atoms with van der Waals surface area (Å²) in [4.78, 5) is 28.3. The molecule has 2 aromatic heterocycles. The lowest BCUT2D eigenvalue weighted by atomic mass is 9.90. The zero-order valence-corrected chi connectivity index (χ0v) is 21.8. The largest absolute Gasteiger partial charge is 0.416 e. The molecule has 0 spiro atoms. The molecule has 3 aliphatic rings. The van der Waals surface area contributed by atoms with Crippen LogP contribution in [0.15, 0.2) is 30.5 Å². The number of rotatable bonds is 6. The minimum atomic E-state index is -4.48. The van der Waals surface area contributed by atoms with Gasteiger partial charge in [-0.1, -0.05) is 6.07 Å². The highest BCUT2D eigenvalue weighted by Gasteiger charge is 2.39. The summed E-state index contributed by atoms with van der Waals surface area (Å²) in [6.07, 6.45) is -2.14. The minimum Gasteiger partial charge on any atom is -0.393 e. The summed E-state index contributed by atoms with van der Waals surface area (Å²) in [5, 5.41) is 17.9. The number of nitrogens with one attached hydrogen (secondary N) is 1. The molecular weight excluding hydrogens is 513 g/mol. The van der Waals surface area contributed by atoms with Crippen molar-refractivity contribution in [1.29, 1.82) is 0 Å². The van der Waals surface area contributed by atoms with Crippen molar-refractivity contribution in [1.82, 2.24) is 29.5 Å². The first kappa shape index (κ1) is 25.8. The number of carbonyl (C=O) groups is 1. The van der Waals surface area contributed by atoms with Gasteiger partial charge in [-0.25, -0.2) is 4.68 Å². The quantitative estimate of drug-likeness (QED) is 0.488. The van der Waals surface area contributed by atoms with Gasteiger partial charge in [-0.2, -0.15) is 28.2 Å². The monoisotopic (exact) mass is 544 g/mol. The van der Waals surface area contributed by atoms with Crippen LogP contribution in [0.5, 0.6) is 0 Å². The second kappa shape index (κ2) is 9.63. The molecule has 3 fully saturated rings. The van der Waals surface area contributed by atoms with E-state index >= 15 is 0 Å². The summed E-state index contributed by atoms with van der Waals surface area (Å²) in [5.74, 6) is 1.06. The SMILES string of the molecule is CC(C)N1CCN(C2CN(c3nc(NC4CC(O)C4)nc4c3cnn4-c3cccc(C(F)(F)F)c3)C2)C(=O)C1. The van der Waals surface area contributed by atoms with Crippen LogP contribution in [0.2, 0.25) is 0 Å². The Morgan fingerprint density at radius 1 is 1.13 bits per heavy atom. The summed E-state index contributed by atoms with van der Waals surface area (Å²) in [6.45, 7) is 7.29. The van der Waals surface area contributed by atoms with Crippen molar-refractivity contribution in [2.24, 2.45) is 0 Å². The van der Waals surface area contributed by atoms with E-state index in [1.165, 1.54) is 10.7 Å². The fourth-order valence-corrected chi connectivity index (χ4v) is 5.45. The number of benzene rings is 1. The smallest absolute Gasteiger partial charge is 0.393 e. The second-order valence-electron chi connectivity index (χ2n) is 10.9. The molecule has 1 saturated carbocycles. The molecule has 6 rings (SSSR count). The standard InChI is InChI=1S/C26H31F3N8O2/c1-15(2)34-6-7-36(22(39)14-34)19-12-35(13-19)23-21-11-30-37(18-5-3-4-16(8-18)26(27,28)29)24(21)33-25(32-23)31-17-9-20(38)10-17/h3-5,8,11,15,17,19-20,38H,6-7,9-10,12-14H2,1-2H3,(H,31,32,33). The number of aromatic nitrogens is 4. The molecule has 1 aromatic carbocycles. The van der Waals surface area contributed by atoms with Crippen molar-refractivity contribution < 1.29 is 23.1 Å². The highest BCUT2D eigenvalue weighted by atomic mass is 19.4. The van der Waals surface area contributed by atoms with Gasteiger partial charge in [-0.05, 0) is 44.9 Å². The van der Waals surface area contributed by atoms with E-state index in [-0.39, 0.29) is 29.8 Å². The third-order valence-corrected chi connectivity index (χ3v) is 7.89. The lowest BCUT2D eigenvalue weighted by Crippen LogP contribution is -2.65. The number of amides is 1. The molecule has 208 valence electrons. The molecule has 1 aliphatic carbocycles. The molecule has 13 heteroatoms. The fourth-order valence-electron chi connectivity index (χ4n) is 5.45. The number of alkyl halides is 3. The third-order valence-electron chi connectivity index (χ3n) is 7.89. The van der Waals surface area contributed by atoms with Gasteiger partial charge in [0.1, 0.15) is 5.82 Å². The predicted octanol–water partition coefficient (Wildman–Crippen LogP) is 2.51. The van der Waals surface area contributed by atoms with Crippen molar-refractivity contribution in [3.63, 3.8) is 0 Å². The van der Waals surface area contributed by atoms with Crippen LogP contribution < -0.4 is 10.2 Å². The molecule has 10 nitrogen and oxygen atoms in total. The van der Waals surface area contributed by atoms with E-state index in [0.717, 1.165) is 18.7 Å². The topological polar surface area (TPSA) is 103 Å². The molecular formula is C26H31F3N8O2. The maximum absolute atomic E-state index is 13.4. The van der Waals surface area contributed by atoms with Gasteiger partial charge in [0.15, 0.2) is 5.65 Å². The number of aliphatic hydroxyl groups is 1. The van der Waals surface area contributed by atoms with E-state index in [9.17, 15) is 23.1 Å². The number of aliphatic hydroxyl groups excluding tert-OH is 1. The number of carbonyl (C=O) groups excluding carboxylic acids is 1. The first-order valence-corrected chi connectivity index (χ1v) is 13.2. The molecule has 3 aromatic rings. The Balaban J connectivity index is 1.29. The normalized spacial score (nSPS) is 22.9. The number of halogens is 3. The Morgan fingerprint density at radius 3 is 2.56 bits per heavy atom. The molecule has 39 heavy (non-hydrogen) atoms. The van der Waals surface area contributed by atoms with Crippen LogP contribution in [0.3, 0.4) is 0 Å². The van der Waals surface area contributed by atoms with Crippen LogP contribution in [-0.2, 0) is 11.0 Å². The molecule has 4 heterocycles. The van der Waals surface area contributed by atoms with Gasteiger partial charge in [0.2, 0.25) is 11.9 Å². The lowest BCUT2D eigenvalue weighted by molar-refractivity contribution is -0.140. The zero-order valence-electron chi connectivity index (χ0n) is 21.8. The van der Waals surface area contributed by atoms with Gasteiger partial charge in [-0.15, -0.1) is 0 Å². The summed E-state index contributed by atoms with van der Waals surface area (Å²) in [6, 6.07) is 5.36. The zero-order chi connectivity index (χ0) is 27.5. The summed E-state index contributed by atoms with van der Waals surface area (Å²) < 4.78 is 41.6. The van der Waals surface area contributed by atoms with Crippen LogP contribution in [0.4, 0.5) is 24.9 Å². The van der Waals surface area contributed by atoms with Gasteiger partial charge in [0, 0.05) is 38.3 Å². The Bertz CT molecular complexity index is 1380. The van der Waals surface area contributed by atoms with Crippen LogP contribution in [0.1, 0.15) is 32.3 Å². The van der Waals surface area contributed by atoms with Crippen molar-refractivity contribution in [2.45, 2.75) is 57.1 Å². The Kier molecular flexibility index (Phi) is 6.37. The van der Waals surface area contributed by atoms with Crippen LogP contribution in [-0.4, -0.2) is 97.5 Å². The summed E-state index contributed by atoms with van der Waals surface area (Å²) >= 11 is 0. The van der Waals surface area contributed by atoms with E-state index in [4.69, 9.17) is 4.98 Å². The van der Waals surface area contributed by atoms with Crippen LogP contribution in [0, 0.1) is 0 Å². The van der Waals surface area contributed by atoms with Crippen LogP contribution in [0.25, 0.3) is 16.7 Å². The summed E-state index contributed by atoms with van der Waals surface area (Å²) in [7, 11) is 0. The number of piperazine rings is 1. The van der Waals surface area contributed by atoms with Crippen LogP contribution >= 0.6 is 0 Å². The minimum absolute atomic E-state index is 0.00856. The van der Waals surface area contributed by atoms with E-state index in [1.807, 2.05) is 4.90 Å². The Morgan fingerprint density at radius 2 is 1.90 bits per heavy atom. The molecule has 0 unspecified atom stereocenters. The predicted molar refractivity (Wildman–Crippen MR) is 139 cm³/mol. The molecule has 1 amide bonds.